The number of aromatic nitrogens is 6. The Hall–Kier alpha value is -6.32. The van der Waals surface area contributed by atoms with Crippen LogP contribution in [0.15, 0.2) is 77.9 Å². The summed E-state index contributed by atoms with van der Waals surface area (Å²) >= 11 is 0. The summed E-state index contributed by atoms with van der Waals surface area (Å²) in [6.07, 6.45) is 14.6. The van der Waals surface area contributed by atoms with E-state index in [4.69, 9.17) is 28.8 Å². The highest BCUT2D eigenvalue weighted by molar-refractivity contribution is 5.94. The fourth-order valence-electron chi connectivity index (χ4n) is 6.05. The van der Waals surface area contributed by atoms with Crippen LogP contribution in [0, 0.1) is 6.92 Å². The van der Waals surface area contributed by atoms with Gasteiger partial charge in [0.05, 0.1) is 67.6 Å². The highest BCUT2D eigenvalue weighted by atomic mass is 16.5. The first kappa shape index (κ1) is 41.8. The zero-order chi connectivity index (χ0) is 40.6. The maximum absolute atomic E-state index is 11.4. The minimum absolute atomic E-state index is 0.0920. The number of carbonyl (C=O) groups excluding carboxylic acids is 2. The van der Waals surface area contributed by atoms with Crippen molar-refractivity contribution in [1.29, 1.82) is 0 Å². The van der Waals surface area contributed by atoms with E-state index < -0.39 is 0 Å². The highest BCUT2D eigenvalue weighted by Crippen LogP contribution is 2.32. The summed E-state index contributed by atoms with van der Waals surface area (Å²) in [5.41, 5.74) is 8.39. The van der Waals surface area contributed by atoms with Crippen molar-refractivity contribution in [3.8, 4) is 34.6 Å². The number of nitrogens with zero attached hydrogens (tertiary/aromatic N) is 7. The Bertz CT molecular complexity index is 2180. The zero-order valence-electron chi connectivity index (χ0n) is 32.8. The van der Waals surface area contributed by atoms with Gasteiger partial charge < -0.3 is 28.8 Å². The van der Waals surface area contributed by atoms with Crippen molar-refractivity contribution < 1.29 is 38.4 Å². The summed E-state index contributed by atoms with van der Waals surface area (Å²) < 4.78 is 29.7. The number of aliphatic imine (C=N–C) groups is 1. The van der Waals surface area contributed by atoms with E-state index in [1.807, 2.05) is 55.2 Å². The van der Waals surface area contributed by atoms with E-state index in [1.54, 1.807) is 31.5 Å². The lowest BCUT2D eigenvalue weighted by Crippen LogP contribution is -2.20. The largest absolute Gasteiger partial charge is 0.486 e. The number of aldehydes is 2. The Labute approximate surface area is 331 Å². The average molecular weight is 778 g/mol. The van der Waals surface area contributed by atoms with Crippen LogP contribution in [-0.4, -0.2) is 87.6 Å². The van der Waals surface area contributed by atoms with Crippen LogP contribution in [-0.2, 0) is 18.0 Å². The zero-order valence-corrected chi connectivity index (χ0v) is 32.8. The molecule has 0 amide bonds. The van der Waals surface area contributed by atoms with E-state index in [-0.39, 0.29) is 26.0 Å². The molecule has 15 heteroatoms. The molecule has 0 aliphatic carbocycles. The van der Waals surface area contributed by atoms with Gasteiger partial charge in [-0.1, -0.05) is 12.1 Å². The van der Waals surface area contributed by atoms with Gasteiger partial charge >= 0.3 is 0 Å². The van der Waals surface area contributed by atoms with Gasteiger partial charge in [-0.15, -0.1) is 0 Å². The Morgan fingerprint density at radius 3 is 1.93 bits per heavy atom. The van der Waals surface area contributed by atoms with E-state index in [2.05, 4.69) is 30.0 Å². The van der Waals surface area contributed by atoms with E-state index in [0.717, 1.165) is 83.4 Å². The molecule has 5 aromatic rings. The lowest BCUT2D eigenvalue weighted by Gasteiger charge is -2.25. The van der Waals surface area contributed by atoms with Gasteiger partial charge in [0.25, 0.3) is 0 Å². The summed E-state index contributed by atoms with van der Waals surface area (Å²) in [4.78, 5) is 44.2. The number of aliphatic hydroxyl groups excluding tert-OH is 1. The third-order valence-corrected chi connectivity index (χ3v) is 8.89. The number of carbonyl (C=O) groups is 2. The van der Waals surface area contributed by atoms with E-state index >= 15 is 0 Å². The molecule has 0 bridgehead atoms. The Kier molecular flexibility index (Phi) is 15.5. The van der Waals surface area contributed by atoms with E-state index in [1.165, 1.54) is 26.6 Å². The molecular weight excluding hydrogens is 731 g/mol. The van der Waals surface area contributed by atoms with Gasteiger partial charge in [0.15, 0.2) is 18.8 Å². The predicted octanol–water partition coefficient (Wildman–Crippen LogP) is 6.48. The number of hydrogen-bond acceptors (Lipinski definition) is 14. The SMILES string of the molecule is CCO.COc1cc(C=O)c(OCc2cccnc2-c2c(C)cnn2C2CCCCO2)cn1.COc1cc(C=O)c(OCc2cccnc2C2=C(C)C=NC2)cn1. The quantitative estimate of drug-likeness (QED) is 0.128. The number of methoxy groups -OCH3 is 2. The van der Waals surface area contributed by atoms with E-state index in [9.17, 15) is 9.59 Å². The molecule has 2 aliphatic heterocycles. The van der Waals surface area contributed by atoms with Crippen LogP contribution in [0.25, 0.3) is 17.0 Å². The van der Waals surface area contributed by atoms with Gasteiger partial charge in [-0.3, -0.25) is 24.5 Å². The first-order valence-electron chi connectivity index (χ1n) is 18.4. The van der Waals surface area contributed by atoms with E-state index in [0.29, 0.717) is 40.9 Å². The van der Waals surface area contributed by atoms with Crippen LogP contribution >= 0.6 is 0 Å². The van der Waals surface area contributed by atoms with Gasteiger partial charge in [-0.2, -0.15) is 5.10 Å². The van der Waals surface area contributed by atoms with Crippen molar-refractivity contribution in [3.63, 3.8) is 0 Å². The number of ether oxygens (including phenoxy) is 5. The van der Waals surface area contributed by atoms with Crippen molar-refractivity contribution in [1.82, 2.24) is 29.7 Å². The molecule has 1 N–H and O–H groups in total. The third kappa shape index (κ3) is 10.7. The summed E-state index contributed by atoms with van der Waals surface area (Å²) in [7, 11) is 3.00. The molecule has 1 fully saturated rings. The first-order chi connectivity index (χ1) is 27.8. The molecule has 0 aromatic carbocycles. The van der Waals surface area contributed by atoms with Crippen molar-refractivity contribution >= 4 is 24.4 Å². The van der Waals surface area contributed by atoms with Crippen LogP contribution in [0.2, 0.25) is 0 Å². The lowest BCUT2D eigenvalue weighted by molar-refractivity contribution is -0.0384. The second-order valence-electron chi connectivity index (χ2n) is 12.8. The molecule has 0 spiro atoms. The van der Waals surface area contributed by atoms with Gasteiger partial charge in [0.2, 0.25) is 11.8 Å². The van der Waals surface area contributed by atoms with Crippen LogP contribution in [0.1, 0.15) is 82.4 Å². The molecule has 1 saturated heterocycles. The van der Waals surface area contributed by atoms with Gasteiger partial charge in [0.1, 0.15) is 24.7 Å². The van der Waals surface area contributed by atoms with Crippen LogP contribution in [0.4, 0.5) is 0 Å². The maximum Gasteiger partial charge on any atom is 0.213 e. The molecular formula is C42H47N7O8. The molecule has 57 heavy (non-hydrogen) atoms. The molecule has 1 atom stereocenters. The summed E-state index contributed by atoms with van der Waals surface area (Å²) in [5.74, 6) is 1.53. The standard InChI is InChI=1S/C22H24N4O4.C18H17N3O3.C2H6O/c1-15-11-25-26(20-7-3-4-9-29-20)22(15)21-16(6-5-8-23-21)14-30-18-12-24-19(28-2)10-17(18)13-27;1-12-7-19-8-15(12)18-13(4-3-5-20-18)11-24-16-9-21-17(23-2)6-14(16)10-22;1-2-3/h5-6,8,10-13,20H,3-4,7,9,14H2,1-2H3;3-7,9-10H,8,11H2,1-2H3;3H,2H2,1H3. The van der Waals surface area contributed by atoms with Crippen LogP contribution < -0.4 is 18.9 Å². The van der Waals surface area contributed by atoms with Gasteiger partial charge in [-0.05, 0) is 63.3 Å². The first-order valence-corrected chi connectivity index (χ1v) is 18.4. The minimum atomic E-state index is -0.0920. The Morgan fingerprint density at radius 2 is 1.42 bits per heavy atom. The van der Waals surface area contributed by atoms with Gasteiger partial charge in [0, 0.05) is 60.7 Å². The predicted molar refractivity (Wildman–Crippen MR) is 213 cm³/mol. The number of allylic oxidation sites excluding steroid dienone is 1. The van der Waals surface area contributed by atoms with Crippen LogP contribution in [0.5, 0.6) is 23.3 Å². The van der Waals surface area contributed by atoms with Crippen molar-refractivity contribution in [2.24, 2.45) is 4.99 Å². The Balaban J connectivity index is 0.000000208. The number of hydrogen-bond donors (Lipinski definition) is 1. The van der Waals surface area contributed by atoms with Crippen molar-refractivity contribution in [2.45, 2.75) is 59.5 Å². The van der Waals surface area contributed by atoms with Crippen LogP contribution in [0.3, 0.4) is 0 Å². The smallest absolute Gasteiger partial charge is 0.213 e. The minimum Gasteiger partial charge on any atom is -0.486 e. The fourth-order valence-corrected chi connectivity index (χ4v) is 6.05. The van der Waals surface area contributed by atoms with Gasteiger partial charge in [-0.25, -0.2) is 14.6 Å². The molecule has 7 heterocycles. The number of rotatable bonds is 13. The lowest BCUT2D eigenvalue weighted by atomic mass is 10.0. The molecule has 0 saturated carbocycles. The monoisotopic (exact) mass is 777 g/mol. The normalized spacial score (nSPS) is 14.5. The van der Waals surface area contributed by atoms with Crippen molar-refractivity contribution in [3.05, 3.63) is 106 Å². The molecule has 1 unspecified atom stereocenters. The number of aliphatic hydroxyl groups is 1. The molecule has 5 aromatic heterocycles. The summed E-state index contributed by atoms with van der Waals surface area (Å²) in [6, 6.07) is 10.7. The molecule has 298 valence electrons. The summed E-state index contributed by atoms with van der Waals surface area (Å²) in [6.45, 7) is 7.84. The summed E-state index contributed by atoms with van der Waals surface area (Å²) in [5, 5.41) is 12.1. The molecule has 15 nitrogen and oxygen atoms in total. The second kappa shape index (κ2) is 21.1. The molecule has 7 rings (SSSR count). The molecule has 0 radical (unpaired) electrons. The Morgan fingerprint density at radius 1 is 0.842 bits per heavy atom. The molecule has 2 aliphatic rings. The fraction of sp³-hybridized carbons (Fsp3) is 0.333. The van der Waals surface area contributed by atoms with Crippen molar-refractivity contribution in [2.75, 3.05) is 34.0 Å². The average Bonchev–Trinajstić information content (AvgIpc) is 3.87. The number of aryl methyl sites for hydroxylation is 1. The third-order valence-electron chi connectivity index (χ3n) is 8.89. The maximum atomic E-state index is 11.4. The number of pyridine rings is 4. The second-order valence-corrected chi connectivity index (χ2v) is 12.8. The highest BCUT2D eigenvalue weighted by Gasteiger charge is 2.24. The topological polar surface area (TPSA) is 182 Å².